The van der Waals surface area contributed by atoms with E-state index >= 15 is 4.39 Å². The molecule has 0 bridgehead atoms. The van der Waals surface area contributed by atoms with Crippen LogP contribution in [0.2, 0.25) is 0 Å². The van der Waals surface area contributed by atoms with Crippen LogP contribution in [0, 0.1) is 11.7 Å². The minimum absolute atomic E-state index is 0.00981. The molecular formula is C30H36F4N2O7. The third-order valence-electron chi connectivity index (χ3n) is 6.16. The van der Waals surface area contributed by atoms with Gasteiger partial charge in [-0.2, -0.15) is 13.2 Å². The summed E-state index contributed by atoms with van der Waals surface area (Å²) in [5.41, 5.74) is -1.17. The van der Waals surface area contributed by atoms with Crippen molar-refractivity contribution < 1.29 is 50.9 Å². The van der Waals surface area contributed by atoms with Gasteiger partial charge in [0.2, 0.25) is 0 Å². The number of esters is 1. The number of ether oxygens (including phenoxy) is 4. The van der Waals surface area contributed by atoms with E-state index in [0.29, 0.717) is 12.1 Å². The Labute approximate surface area is 247 Å². The summed E-state index contributed by atoms with van der Waals surface area (Å²) in [6, 6.07) is 9.72. The zero-order valence-electron chi connectivity index (χ0n) is 24.9. The first-order valence-corrected chi connectivity index (χ1v) is 13.6. The Morgan fingerprint density at radius 3 is 2.30 bits per heavy atom. The molecule has 0 saturated heterocycles. The summed E-state index contributed by atoms with van der Waals surface area (Å²) < 4.78 is 78.9. The summed E-state index contributed by atoms with van der Waals surface area (Å²) in [6.45, 7) is 7.83. The Morgan fingerprint density at radius 2 is 1.74 bits per heavy atom. The quantitative estimate of drug-likeness (QED) is 0.252. The smallest absolute Gasteiger partial charge is 0.471 e. The van der Waals surface area contributed by atoms with Gasteiger partial charge in [0.15, 0.2) is 5.82 Å². The highest BCUT2D eigenvalue weighted by Gasteiger charge is 2.46. The molecule has 0 aliphatic carbocycles. The Morgan fingerprint density at radius 1 is 1.09 bits per heavy atom. The van der Waals surface area contributed by atoms with Crippen molar-refractivity contribution in [3.8, 4) is 11.5 Å². The van der Waals surface area contributed by atoms with Crippen LogP contribution >= 0.6 is 0 Å². The maximum absolute atomic E-state index is 16.2. The van der Waals surface area contributed by atoms with Gasteiger partial charge in [-0.1, -0.05) is 44.2 Å². The number of amides is 2. The minimum atomic E-state index is -5.44. The lowest BCUT2D eigenvalue weighted by Crippen LogP contribution is -2.45. The van der Waals surface area contributed by atoms with Gasteiger partial charge in [0, 0.05) is 24.6 Å². The highest BCUT2D eigenvalue weighted by Crippen LogP contribution is 2.44. The number of fused-ring (bicyclic) bond motifs is 1. The fourth-order valence-electron chi connectivity index (χ4n) is 4.41. The zero-order valence-corrected chi connectivity index (χ0v) is 24.9. The molecule has 1 aliphatic rings. The second kappa shape index (κ2) is 13.5. The van der Waals surface area contributed by atoms with Crippen LogP contribution in [0.25, 0.3) is 0 Å². The number of benzene rings is 2. The fourth-order valence-corrected chi connectivity index (χ4v) is 4.41. The van der Waals surface area contributed by atoms with Gasteiger partial charge < -0.3 is 23.8 Å². The molecule has 43 heavy (non-hydrogen) atoms. The van der Waals surface area contributed by atoms with Crippen molar-refractivity contribution in [2.75, 3.05) is 31.6 Å². The first kappa shape index (κ1) is 33.5. The van der Waals surface area contributed by atoms with E-state index in [1.165, 1.54) is 11.0 Å². The molecule has 0 saturated carbocycles. The lowest BCUT2D eigenvalue weighted by molar-refractivity contribution is -0.171. The predicted octanol–water partition coefficient (Wildman–Crippen LogP) is 5.67. The molecule has 9 nitrogen and oxygen atoms in total. The average molecular weight is 613 g/mol. The van der Waals surface area contributed by atoms with Crippen LogP contribution in [-0.4, -0.2) is 67.5 Å². The van der Waals surface area contributed by atoms with Crippen molar-refractivity contribution in [2.45, 2.75) is 65.5 Å². The second-order valence-electron chi connectivity index (χ2n) is 11.5. The van der Waals surface area contributed by atoms with Gasteiger partial charge in [-0.25, -0.2) is 9.18 Å². The summed E-state index contributed by atoms with van der Waals surface area (Å²) in [6.07, 6.45) is -6.98. The fraction of sp³-hybridized carbons (Fsp3) is 0.500. The number of anilines is 1. The van der Waals surface area contributed by atoms with E-state index in [9.17, 15) is 27.6 Å². The molecule has 1 heterocycles. The predicted molar refractivity (Wildman–Crippen MR) is 148 cm³/mol. The van der Waals surface area contributed by atoms with E-state index in [1.807, 2.05) is 13.8 Å². The molecular weight excluding hydrogens is 576 g/mol. The number of carbonyl (C=O) groups is 3. The second-order valence-corrected chi connectivity index (χ2v) is 11.5. The standard InChI is InChI=1S/C30H36F4N2O7/c1-18(2)14-35(28(39)43-29(3,4)5)15-20-12-21-22(42-20)13-23(41-17-19-10-8-7-9-11-19)26(25(21)31)36(16-24(37)40-6)27(38)30(32,33)34/h7-11,13,18,20H,12,14-17H2,1-6H3. The average Bonchev–Trinajstić information content (AvgIpc) is 3.31. The van der Waals surface area contributed by atoms with E-state index in [-0.39, 0.29) is 41.7 Å². The summed E-state index contributed by atoms with van der Waals surface area (Å²) in [7, 11) is 0.927. The molecule has 0 N–H and O–H groups in total. The number of methoxy groups -OCH3 is 1. The molecule has 1 unspecified atom stereocenters. The SMILES string of the molecule is COC(=O)CN(C(=O)C(F)(F)F)c1c(OCc2ccccc2)cc2c(c1F)CC(CN(CC(C)C)C(=O)OC(C)(C)C)O2. The summed E-state index contributed by atoms with van der Waals surface area (Å²) >= 11 is 0. The molecule has 236 valence electrons. The molecule has 2 aromatic carbocycles. The normalized spacial score (nSPS) is 14.5. The van der Waals surface area contributed by atoms with Crippen molar-refractivity contribution in [3.63, 3.8) is 0 Å². The number of hydrogen-bond acceptors (Lipinski definition) is 7. The van der Waals surface area contributed by atoms with Gasteiger partial charge in [-0.05, 0) is 32.3 Å². The topological polar surface area (TPSA) is 94.6 Å². The van der Waals surface area contributed by atoms with Crippen LogP contribution in [0.3, 0.4) is 0 Å². The van der Waals surface area contributed by atoms with Crippen LogP contribution < -0.4 is 14.4 Å². The highest BCUT2D eigenvalue weighted by molar-refractivity contribution is 6.02. The van der Waals surface area contributed by atoms with Crippen LogP contribution in [0.1, 0.15) is 45.7 Å². The van der Waals surface area contributed by atoms with E-state index in [1.54, 1.807) is 51.1 Å². The van der Waals surface area contributed by atoms with Gasteiger partial charge >= 0.3 is 24.1 Å². The monoisotopic (exact) mass is 612 g/mol. The molecule has 2 amide bonds. The molecule has 3 rings (SSSR count). The van der Waals surface area contributed by atoms with Gasteiger partial charge in [-0.15, -0.1) is 0 Å². The van der Waals surface area contributed by atoms with E-state index in [4.69, 9.17) is 14.2 Å². The minimum Gasteiger partial charge on any atom is -0.488 e. The van der Waals surface area contributed by atoms with Crippen LogP contribution in [0.5, 0.6) is 11.5 Å². The summed E-state index contributed by atoms with van der Waals surface area (Å²) in [5, 5.41) is 0. The molecule has 0 radical (unpaired) electrons. The van der Waals surface area contributed by atoms with Gasteiger partial charge in [0.05, 0.1) is 13.7 Å². The van der Waals surface area contributed by atoms with E-state index < -0.39 is 59.6 Å². The number of rotatable bonds is 10. The number of carbonyl (C=O) groups excluding carboxylic acids is 3. The number of nitrogens with zero attached hydrogens (tertiary/aromatic N) is 2. The van der Waals surface area contributed by atoms with Crippen molar-refractivity contribution in [3.05, 3.63) is 53.3 Å². The number of hydrogen-bond donors (Lipinski definition) is 0. The Bertz CT molecular complexity index is 1310. The van der Waals surface area contributed by atoms with Crippen molar-refractivity contribution in [1.82, 2.24) is 4.90 Å². The first-order chi connectivity index (χ1) is 20.0. The number of halogens is 4. The molecule has 0 aromatic heterocycles. The number of alkyl halides is 3. The molecule has 0 fully saturated rings. The van der Waals surface area contributed by atoms with Crippen LogP contribution in [0.4, 0.5) is 28.0 Å². The van der Waals surface area contributed by atoms with E-state index in [0.717, 1.165) is 7.11 Å². The Hall–Kier alpha value is -4.03. The van der Waals surface area contributed by atoms with Gasteiger partial charge in [0.1, 0.15) is 42.0 Å². The van der Waals surface area contributed by atoms with Crippen LogP contribution in [-0.2, 0) is 32.1 Å². The largest absolute Gasteiger partial charge is 0.488 e. The third kappa shape index (κ3) is 8.98. The summed E-state index contributed by atoms with van der Waals surface area (Å²) in [5.74, 6) is -5.34. The maximum atomic E-state index is 16.2. The molecule has 1 atom stereocenters. The van der Waals surface area contributed by atoms with Crippen molar-refractivity contribution >= 4 is 23.7 Å². The highest BCUT2D eigenvalue weighted by atomic mass is 19.4. The molecule has 2 aromatic rings. The lowest BCUT2D eigenvalue weighted by atomic mass is 10.1. The van der Waals surface area contributed by atoms with Crippen LogP contribution in [0.15, 0.2) is 36.4 Å². The maximum Gasteiger partial charge on any atom is 0.471 e. The summed E-state index contributed by atoms with van der Waals surface area (Å²) in [4.78, 5) is 38.8. The van der Waals surface area contributed by atoms with Gasteiger partial charge in [0.25, 0.3) is 0 Å². The van der Waals surface area contributed by atoms with Crippen molar-refractivity contribution in [2.24, 2.45) is 5.92 Å². The Kier molecular flexibility index (Phi) is 10.5. The lowest BCUT2D eigenvalue weighted by Gasteiger charge is -2.30. The van der Waals surface area contributed by atoms with Gasteiger partial charge in [-0.3, -0.25) is 14.5 Å². The molecule has 13 heteroatoms. The molecule has 1 aliphatic heterocycles. The zero-order chi connectivity index (χ0) is 32.1. The third-order valence-corrected chi connectivity index (χ3v) is 6.16. The Balaban J connectivity index is 2.03. The van der Waals surface area contributed by atoms with Crippen molar-refractivity contribution in [1.29, 1.82) is 0 Å². The molecule has 0 spiro atoms. The first-order valence-electron chi connectivity index (χ1n) is 13.6. The van der Waals surface area contributed by atoms with E-state index in [2.05, 4.69) is 4.74 Å².